The molecule has 10 amide bonds. The molecule has 32 heteroatoms. The van der Waals surface area contributed by atoms with Crippen LogP contribution in [-0.2, 0) is 71.9 Å². The maximum Gasteiger partial charge on any atom is 0.330 e. The van der Waals surface area contributed by atoms with E-state index < -0.39 is 121 Å². The third-order valence-electron chi connectivity index (χ3n) is 14.9. The number of aldehydes is 2. The number of aromatic amines is 2. The van der Waals surface area contributed by atoms with Crippen molar-refractivity contribution in [1.29, 1.82) is 0 Å². The summed E-state index contributed by atoms with van der Waals surface area (Å²) in [7, 11) is 0. The first-order chi connectivity index (χ1) is 43.3. The minimum atomic E-state index is -1.85. The third-order valence-corrected chi connectivity index (χ3v) is 14.9. The molecule has 4 aromatic rings. The van der Waals surface area contributed by atoms with Gasteiger partial charge in [0.25, 0.3) is 17.7 Å². The first-order valence-corrected chi connectivity index (χ1v) is 29.8. The van der Waals surface area contributed by atoms with E-state index in [1.165, 1.54) is 41.8 Å². The Hall–Kier alpha value is -9.53. The molecule has 4 heterocycles. The Morgan fingerprint density at radius 3 is 2.12 bits per heavy atom. The van der Waals surface area contributed by atoms with Crippen molar-refractivity contribution in [1.82, 2.24) is 72.8 Å². The average molecular weight is 1270 g/mol. The monoisotopic (exact) mass is 1270 g/mol. The number of aliphatic imine (C=N–C) groups is 1. The first-order valence-electron chi connectivity index (χ1n) is 29.8. The van der Waals surface area contributed by atoms with Crippen LogP contribution in [0.25, 0.3) is 10.9 Å². The van der Waals surface area contributed by atoms with Crippen LogP contribution in [0.1, 0.15) is 96.4 Å². The highest BCUT2D eigenvalue weighted by molar-refractivity contribution is 5.97. The molecule has 18 N–H and O–H groups in total. The fourth-order valence-corrected chi connectivity index (χ4v) is 10.4. The van der Waals surface area contributed by atoms with Gasteiger partial charge in [0.1, 0.15) is 72.7 Å². The van der Waals surface area contributed by atoms with Crippen molar-refractivity contribution < 1.29 is 67.7 Å². The second-order valence-electron chi connectivity index (χ2n) is 23.6. The van der Waals surface area contributed by atoms with Gasteiger partial charge >= 0.3 is 6.03 Å². The number of fused-ring (bicyclic) bond motifs is 1. The Morgan fingerprint density at radius 1 is 0.813 bits per heavy atom. The summed E-state index contributed by atoms with van der Waals surface area (Å²) >= 11 is 0. The summed E-state index contributed by atoms with van der Waals surface area (Å²) in [5.41, 5.74) is 24.3. The number of primary amides is 1. The van der Waals surface area contributed by atoms with Gasteiger partial charge in [-0.05, 0) is 94.5 Å². The van der Waals surface area contributed by atoms with E-state index in [0.29, 0.717) is 46.7 Å². The van der Waals surface area contributed by atoms with Crippen molar-refractivity contribution in [3.63, 3.8) is 0 Å². The molecular weight excluding hydrogens is 1180 g/mol. The number of amides is 10. The number of hydrogen-bond acceptors (Lipinski definition) is 18. The minimum Gasteiger partial charge on any atom is -0.508 e. The van der Waals surface area contributed by atoms with Crippen LogP contribution in [0, 0.1) is 5.92 Å². The predicted octanol–water partition coefficient (Wildman–Crippen LogP) is -2.51. The number of para-hydroxylation sites is 1. The standard InChI is InChI=1S/C59H84N18O14/c1-33(2)22-44(56(89)77(37(28-78)10-8-20-64-57(60)61)75-21-9-13-48(75)54(87)72-73-58(62)90)69-53(86)47(31-91-59(3,4)5)71-51(84)43(23-34-14-16-39(81)17-15-34)68-52(85)46(30-80)74-76(38(29-79)24-35-26-65-41-12-7-6-11-40(35)41)55(88)45(25-36-27-63-32-66-36)70-50(83)42-18-19-49(82)67-42/h6-7,11-12,14-17,26-29,32-33,37-38,42-48,65,74,80-81H,8-10,13,18-25,30-31H2,1-5H3,(H,63,66)(H,67,82)(H,68,85)(H,69,86)(H,70,83)(H,71,84)(H,72,87)(H4,60,61,64)(H3,62,73,90)/t37-,38-,42?,43-,44-,45-,46-,47?,48-/m0/s1. The van der Waals surface area contributed by atoms with E-state index >= 15 is 14.4 Å². The number of ether oxygens (including phenoxy) is 1. The molecule has 494 valence electrons. The second kappa shape index (κ2) is 33.3. The normalized spacial score (nSPS) is 17.2. The number of aromatic hydroxyl groups is 1. The number of hydrazine groups is 3. The number of hydrogen-bond donors (Lipinski definition) is 15. The number of phenolic OH excluding ortho intramolecular Hbond substituents is 1. The molecule has 0 saturated carbocycles. The molecule has 9 atom stereocenters. The van der Waals surface area contributed by atoms with Gasteiger partial charge in [-0.3, -0.25) is 58.8 Å². The lowest BCUT2D eigenvalue weighted by atomic mass is 10.0. The minimum absolute atomic E-state index is 0.0122. The molecule has 2 unspecified atom stereocenters. The topological polar surface area (TPSA) is 478 Å². The van der Waals surface area contributed by atoms with Crippen LogP contribution < -0.4 is 60.1 Å². The van der Waals surface area contributed by atoms with Crippen LogP contribution in [0.3, 0.4) is 0 Å². The van der Waals surface area contributed by atoms with Crippen molar-refractivity contribution >= 4 is 82.7 Å². The van der Waals surface area contributed by atoms with Gasteiger partial charge in [-0.1, -0.05) is 44.2 Å². The molecule has 6 rings (SSSR count). The summed E-state index contributed by atoms with van der Waals surface area (Å²) in [5, 5.41) is 38.6. The molecule has 2 aliphatic rings. The number of imidazole rings is 1. The number of guanidine groups is 1. The van der Waals surface area contributed by atoms with E-state index in [1.807, 2.05) is 5.43 Å². The number of nitrogens with two attached hydrogens (primary N) is 3. The predicted molar refractivity (Wildman–Crippen MR) is 328 cm³/mol. The van der Waals surface area contributed by atoms with Crippen molar-refractivity contribution in [2.75, 3.05) is 26.3 Å². The number of rotatable bonds is 33. The molecule has 2 aromatic carbocycles. The van der Waals surface area contributed by atoms with Gasteiger partial charge in [0.05, 0.1) is 25.1 Å². The van der Waals surface area contributed by atoms with E-state index in [9.17, 15) is 48.6 Å². The molecule has 91 heavy (non-hydrogen) atoms. The van der Waals surface area contributed by atoms with Crippen molar-refractivity contribution in [2.24, 2.45) is 28.1 Å². The lowest BCUT2D eigenvalue weighted by Gasteiger charge is -2.41. The highest BCUT2D eigenvalue weighted by atomic mass is 16.5. The van der Waals surface area contributed by atoms with Crippen LogP contribution >= 0.6 is 0 Å². The number of nitrogens with one attached hydrogen (secondary N) is 10. The van der Waals surface area contributed by atoms with Gasteiger partial charge in [0.2, 0.25) is 29.5 Å². The molecule has 2 aliphatic heterocycles. The number of urea groups is 1. The number of aliphatic hydroxyl groups is 1. The Kier molecular flexibility index (Phi) is 25.8. The number of aliphatic hydroxyl groups excluding tert-OH is 1. The highest BCUT2D eigenvalue weighted by Gasteiger charge is 2.44. The van der Waals surface area contributed by atoms with E-state index in [0.717, 1.165) is 10.0 Å². The van der Waals surface area contributed by atoms with Gasteiger partial charge in [0, 0.05) is 67.8 Å². The van der Waals surface area contributed by atoms with Crippen molar-refractivity contribution in [3.05, 3.63) is 84.1 Å². The molecular formula is C59H84N18O14. The van der Waals surface area contributed by atoms with Crippen LogP contribution in [0.4, 0.5) is 4.79 Å². The summed E-state index contributed by atoms with van der Waals surface area (Å²) in [5.74, 6) is -7.40. The number of carbonyl (C=O) groups is 11. The fraction of sp³-hybridized carbons (Fsp3) is 0.508. The maximum absolute atomic E-state index is 15.2. The number of carbonyl (C=O) groups excluding carboxylic acids is 11. The van der Waals surface area contributed by atoms with Gasteiger partial charge < -0.3 is 78.3 Å². The number of benzene rings is 2. The quantitative estimate of drug-likeness (QED) is 0.00770. The molecule has 32 nitrogen and oxygen atoms in total. The first kappa shape index (κ1) is 70.6. The number of nitrogens with zero attached hydrogens (tertiary/aromatic N) is 5. The molecule has 2 fully saturated rings. The second-order valence-corrected chi connectivity index (χ2v) is 23.6. The number of phenols is 1. The maximum atomic E-state index is 15.2. The Labute approximate surface area is 524 Å². The lowest BCUT2D eigenvalue weighted by molar-refractivity contribution is -0.166. The van der Waals surface area contributed by atoms with E-state index in [4.69, 9.17) is 21.9 Å². The average Bonchev–Trinajstić information content (AvgIpc) is 2.34. The number of aromatic nitrogens is 3. The Morgan fingerprint density at radius 2 is 1.49 bits per heavy atom. The number of H-pyrrole nitrogens is 2. The van der Waals surface area contributed by atoms with E-state index in [1.54, 1.807) is 65.1 Å². The molecule has 0 aliphatic carbocycles. The lowest BCUT2D eigenvalue weighted by Crippen LogP contribution is -2.65. The molecule has 0 bridgehead atoms. The van der Waals surface area contributed by atoms with Crippen LogP contribution in [-0.4, -0.2) is 198 Å². The zero-order chi connectivity index (χ0) is 66.5. The fourth-order valence-electron chi connectivity index (χ4n) is 10.4. The SMILES string of the molecule is CC(C)C[C@H](NC(=O)C(COC(C)(C)C)NC(=O)[C@H](Cc1ccc(O)cc1)NC(=O)[C@H](CO)NN(C(=O)[C@H](Cc1cnc[nH]1)NC(=O)C1CCC(=O)N1)[C@H](C=O)Cc1c[nH]c2ccccc12)C(=O)N([C@H](C=O)CCCN=C(N)N)N1CCC[C@H]1C(=O)NNC(N)=O. The van der Waals surface area contributed by atoms with Crippen molar-refractivity contribution in [2.45, 2.75) is 159 Å². The van der Waals surface area contributed by atoms with E-state index in [-0.39, 0.29) is 94.4 Å². The molecule has 2 aromatic heterocycles. The Bertz CT molecular complexity index is 3200. The third kappa shape index (κ3) is 20.8. The van der Waals surface area contributed by atoms with Crippen molar-refractivity contribution in [3.8, 4) is 5.75 Å². The zero-order valence-corrected chi connectivity index (χ0v) is 51.4. The van der Waals surface area contributed by atoms with Gasteiger partial charge in [-0.15, -0.1) is 0 Å². The Balaban J connectivity index is 1.34. The summed E-state index contributed by atoms with van der Waals surface area (Å²) in [6.07, 6.45) is 5.44. The van der Waals surface area contributed by atoms with Gasteiger partial charge in [-0.2, -0.15) is 0 Å². The van der Waals surface area contributed by atoms with Crippen LogP contribution in [0.15, 0.2) is 72.2 Å². The summed E-state index contributed by atoms with van der Waals surface area (Å²) in [6, 6.07) is -1.26. The van der Waals surface area contributed by atoms with Crippen LogP contribution in [0.5, 0.6) is 5.75 Å². The van der Waals surface area contributed by atoms with Gasteiger partial charge in [-0.25, -0.2) is 25.6 Å². The summed E-state index contributed by atoms with van der Waals surface area (Å²) < 4.78 is 6.08. The van der Waals surface area contributed by atoms with Crippen LogP contribution in [0.2, 0.25) is 0 Å². The van der Waals surface area contributed by atoms with Gasteiger partial charge in [0.15, 0.2) is 5.96 Å². The van der Waals surface area contributed by atoms with E-state index in [2.05, 4.69) is 57.4 Å². The molecule has 2 saturated heterocycles. The summed E-state index contributed by atoms with van der Waals surface area (Å²) in [4.78, 5) is 167. The summed E-state index contributed by atoms with van der Waals surface area (Å²) in [6.45, 7) is 7.13. The smallest absolute Gasteiger partial charge is 0.330 e. The molecule has 0 radical (unpaired) electrons. The zero-order valence-electron chi connectivity index (χ0n) is 51.4. The molecule has 0 spiro atoms. The highest BCUT2D eigenvalue weighted by Crippen LogP contribution is 2.26. The largest absolute Gasteiger partial charge is 0.508 e.